The highest BCUT2D eigenvalue weighted by molar-refractivity contribution is 5.99. The van der Waals surface area contributed by atoms with Crippen LogP contribution in [0.25, 0.3) is 11.0 Å². The van der Waals surface area contributed by atoms with Crippen molar-refractivity contribution < 1.29 is 19.1 Å². The van der Waals surface area contributed by atoms with Crippen molar-refractivity contribution >= 4 is 22.8 Å². The fraction of sp³-hybridized carbons (Fsp3) is 0.375. The summed E-state index contributed by atoms with van der Waals surface area (Å²) in [6, 6.07) is 7.51. The second kappa shape index (κ2) is 5.24. The van der Waals surface area contributed by atoms with E-state index in [1.54, 1.807) is 4.90 Å². The lowest BCUT2D eigenvalue weighted by atomic mass is 9.98. The van der Waals surface area contributed by atoms with Crippen molar-refractivity contribution in [3.63, 3.8) is 0 Å². The van der Waals surface area contributed by atoms with Crippen LogP contribution in [0.15, 0.2) is 28.7 Å². The molecule has 1 fully saturated rings. The molecule has 0 spiro atoms. The maximum Gasteiger partial charge on any atom is 0.308 e. The molecule has 1 aromatic carbocycles. The van der Waals surface area contributed by atoms with Crippen LogP contribution in [0.2, 0.25) is 0 Å². The van der Waals surface area contributed by atoms with Gasteiger partial charge in [-0.3, -0.25) is 9.59 Å². The number of carbonyl (C=O) groups is 2. The number of aryl methyl sites for hydroxylation is 1. The average molecular weight is 287 g/mol. The normalized spacial score (nSPS) is 18.9. The first-order chi connectivity index (χ1) is 10.1. The molecule has 110 valence electrons. The smallest absolute Gasteiger partial charge is 0.308 e. The van der Waals surface area contributed by atoms with E-state index in [4.69, 9.17) is 9.52 Å². The number of nitrogens with zero attached hydrogens (tertiary/aromatic N) is 1. The Morgan fingerprint density at radius 3 is 2.81 bits per heavy atom. The minimum Gasteiger partial charge on any atom is -0.481 e. The van der Waals surface area contributed by atoms with Gasteiger partial charge < -0.3 is 14.4 Å². The van der Waals surface area contributed by atoms with Crippen LogP contribution in [0.3, 0.4) is 0 Å². The number of carbonyl (C=O) groups excluding carboxylic acids is 1. The predicted molar refractivity (Wildman–Crippen MR) is 77.2 cm³/mol. The minimum atomic E-state index is -0.839. The van der Waals surface area contributed by atoms with Crippen molar-refractivity contribution in [3.05, 3.63) is 35.6 Å². The molecule has 5 heteroatoms. The van der Waals surface area contributed by atoms with Crippen LogP contribution < -0.4 is 0 Å². The molecule has 21 heavy (non-hydrogen) atoms. The first-order valence-corrected chi connectivity index (χ1v) is 7.08. The monoisotopic (exact) mass is 287 g/mol. The number of rotatable bonds is 2. The molecule has 0 aliphatic carbocycles. The van der Waals surface area contributed by atoms with Crippen molar-refractivity contribution in [2.24, 2.45) is 5.92 Å². The molecule has 2 heterocycles. The van der Waals surface area contributed by atoms with E-state index in [0.29, 0.717) is 30.7 Å². The summed E-state index contributed by atoms with van der Waals surface area (Å²) >= 11 is 0. The van der Waals surface area contributed by atoms with Crippen molar-refractivity contribution in [1.82, 2.24) is 4.90 Å². The standard InChI is InChI=1S/C16H17NO4/c1-10-12-6-2-3-7-13(12)21-14(10)15(18)17-8-4-5-11(9-17)16(19)20/h2-3,6-7,11H,4-5,8-9H2,1H3,(H,19,20). The summed E-state index contributed by atoms with van der Waals surface area (Å²) in [5, 5.41) is 10.0. The molecule has 1 atom stereocenters. The quantitative estimate of drug-likeness (QED) is 0.921. The van der Waals surface area contributed by atoms with Crippen LogP contribution in [0.1, 0.15) is 29.0 Å². The third-order valence-corrected chi connectivity index (χ3v) is 4.10. The van der Waals surface area contributed by atoms with E-state index >= 15 is 0 Å². The van der Waals surface area contributed by atoms with Crippen LogP contribution >= 0.6 is 0 Å². The lowest BCUT2D eigenvalue weighted by molar-refractivity contribution is -0.143. The van der Waals surface area contributed by atoms with Crippen LogP contribution in [0.5, 0.6) is 0 Å². The highest BCUT2D eigenvalue weighted by Crippen LogP contribution is 2.27. The zero-order chi connectivity index (χ0) is 15.0. The van der Waals surface area contributed by atoms with E-state index < -0.39 is 11.9 Å². The molecular formula is C16H17NO4. The fourth-order valence-corrected chi connectivity index (χ4v) is 2.89. The zero-order valence-corrected chi connectivity index (χ0v) is 11.8. The third kappa shape index (κ3) is 2.39. The van der Waals surface area contributed by atoms with Gasteiger partial charge in [0.25, 0.3) is 5.91 Å². The molecule has 1 amide bonds. The number of fused-ring (bicyclic) bond motifs is 1. The number of benzene rings is 1. The Morgan fingerprint density at radius 2 is 2.10 bits per heavy atom. The minimum absolute atomic E-state index is 0.213. The Hall–Kier alpha value is -2.30. The zero-order valence-electron chi connectivity index (χ0n) is 11.8. The van der Waals surface area contributed by atoms with Gasteiger partial charge in [-0.15, -0.1) is 0 Å². The molecule has 0 bridgehead atoms. The number of amides is 1. The number of likely N-dealkylation sites (tertiary alicyclic amines) is 1. The second-order valence-electron chi connectivity index (χ2n) is 5.48. The SMILES string of the molecule is Cc1c(C(=O)N2CCCC(C(=O)O)C2)oc2ccccc12. The van der Waals surface area contributed by atoms with Gasteiger partial charge >= 0.3 is 5.97 Å². The maximum atomic E-state index is 12.6. The summed E-state index contributed by atoms with van der Waals surface area (Å²) < 4.78 is 5.67. The molecule has 1 aliphatic rings. The number of furan rings is 1. The molecule has 1 saturated heterocycles. The lowest BCUT2D eigenvalue weighted by Crippen LogP contribution is -2.42. The topological polar surface area (TPSA) is 70.8 Å². The molecule has 1 aliphatic heterocycles. The first-order valence-electron chi connectivity index (χ1n) is 7.08. The van der Waals surface area contributed by atoms with E-state index in [-0.39, 0.29) is 12.5 Å². The van der Waals surface area contributed by atoms with E-state index in [1.165, 1.54) is 0 Å². The van der Waals surface area contributed by atoms with E-state index in [2.05, 4.69) is 0 Å². The number of piperidine rings is 1. The van der Waals surface area contributed by atoms with Crippen LogP contribution in [-0.4, -0.2) is 35.0 Å². The molecule has 1 aromatic heterocycles. The number of carboxylic acid groups (broad SMARTS) is 1. The first kappa shape index (κ1) is 13.7. The lowest BCUT2D eigenvalue weighted by Gasteiger charge is -2.30. The molecule has 0 saturated carbocycles. The van der Waals surface area contributed by atoms with Gasteiger partial charge in [0.2, 0.25) is 0 Å². The average Bonchev–Trinajstić information content (AvgIpc) is 2.84. The van der Waals surface area contributed by atoms with Gasteiger partial charge in [0.1, 0.15) is 5.58 Å². The Labute approximate surface area is 122 Å². The molecule has 2 aromatic rings. The fourth-order valence-electron chi connectivity index (χ4n) is 2.89. The summed E-state index contributed by atoms with van der Waals surface area (Å²) in [4.78, 5) is 25.3. The Kier molecular flexibility index (Phi) is 3.41. The third-order valence-electron chi connectivity index (χ3n) is 4.10. The van der Waals surface area contributed by atoms with E-state index in [0.717, 1.165) is 10.9 Å². The number of hydrogen-bond acceptors (Lipinski definition) is 3. The predicted octanol–water partition coefficient (Wildman–Crippen LogP) is 2.68. The van der Waals surface area contributed by atoms with Crippen molar-refractivity contribution in [1.29, 1.82) is 0 Å². The van der Waals surface area contributed by atoms with Gasteiger partial charge in [-0.2, -0.15) is 0 Å². The van der Waals surface area contributed by atoms with Gasteiger partial charge in [0.05, 0.1) is 5.92 Å². The van der Waals surface area contributed by atoms with Crippen LogP contribution in [-0.2, 0) is 4.79 Å². The number of carboxylic acids is 1. The van der Waals surface area contributed by atoms with Crippen molar-refractivity contribution in [3.8, 4) is 0 Å². The molecule has 0 radical (unpaired) electrons. The maximum absolute atomic E-state index is 12.6. The van der Waals surface area contributed by atoms with Gasteiger partial charge in [-0.25, -0.2) is 0 Å². The molecular weight excluding hydrogens is 270 g/mol. The summed E-state index contributed by atoms with van der Waals surface area (Å²) in [6.07, 6.45) is 1.33. The number of para-hydroxylation sites is 1. The number of hydrogen-bond donors (Lipinski definition) is 1. The highest BCUT2D eigenvalue weighted by Gasteiger charge is 2.31. The highest BCUT2D eigenvalue weighted by atomic mass is 16.4. The summed E-state index contributed by atoms with van der Waals surface area (Å²) in [6.45, 7) is 2.70. The van der Waals surface area contributed by atoms with Gasteiger partial charge in [-0.05, 0) is 25.8 Å². The van der Waals surface area contributed by atoms with Crippen LogP contribution in [0.4, 0.5) is 0 Å². The van der Waals surface area contributed by atoms with E-state index in [1.807, 2.05) is 31.2 Å². The summed E-state index contributed by atoms with van der Waals surface area (Å²) in [5.41, 5.74) is 1.50. The second-order valence-corrected chi connectivity index (χ2v) is 5.48. The van der Waals surface area contributed by atoms with Gasteiger partial charge in [-0.1, -0.05) is 18.2 Å². The Balaban J connectivity index is 1.90. The molecule has 1 N–H and O–H groups in total. The molecule has 1 unspecified atom stereocenters. The van der Waals surface area contributed by atoms with Crippen LogP contribution in [0, 0.1) is 12.8 Å². The Bertz CT molecular complexity index is 703. The largest absolute Gasteiger partial charge is 0.481 e. The van der Waals surface area contributed by atoms with Gasteiger partial charge in [0, 0.05) is 24.0 Å². The van der Waals surface area contributed by atoms with Gasteiger partial charge in [0.15, 0.2) is 5.76 Å². The summed E-state index contributed by atoms with van der Waals surface area (Å²) in [7, 11) is 0. The van der Waals surface area contributed by atoms with Crippen molar-refractivity contribution in [2.75, 3.05) is 13.1 Å². The summed E-state index contributed by atoms with van der Waals surface area (Å²) in [5.74, 6) is -1.21. The van der Waals surface area contributed by atoms with E-state index in [9.17, 15) is 9.59 Å². The Morgan fingerprint density at radius 1 is 1.33 bits per heavy atom. The molecule has 3 rings (SSSR count). The molecule has 5 nitrogen and oxygen atoms in total. The van der Waals surface area contributed by atoms with Crippen molar-refractivity contribution in [2.45, 2.75) is 19.8 Å². The number of aliphatic carboxylic acids is 1.